The summed E-state index contributed by atoms with van der Waals surface area (Å²) in [5, 5.41) is 0. The molecule has 0 spiro atoms. The first-order valence-electron chi connectivity index (χ1n) is 4.32. The molecule has 0 saturated carbocycles. The predicted molar refractivity (Wildman–Crippen MR) is 54.9 cm³/mol. The molecule has 0 fully saturated rings. The van der Waals surface area contributed by atoms with E-state index in [0.717, 1.165) is 0 Å². The van der Waals surface area contributed by atoms with E-state index in [1.54, 1.807) is 24.3 Å². The fourth-order valence-electron chi connectivity index (χ4n) is 1.35. The summed E-state index contributed by atoms with van der Waals surface area (Å²) >= 11 is 0. The molecule has 16 heavy (non-hydrogen) atoms. The fraction of sp³-hybridized carbons (Fsp3) is 0.111. The predicted octanol–water partition coefficient (Wildman–Crippen LogP) is 0.661. The van der Waals surface area contributed by atoms with Crippen LogP contribution in [-0.4, -0.2) is 24.7 Å². The smallest absolute Gasteiger partial charge is 0.337 e. The molecule has 0 amide bonds. The molecule has 0 radical (unpaired) electrons. The van der Waals surface area contributed by atoms with Crippen LogP contribution in [0.15, 0.2) is 29.3 Å². The largest absolute Gasteiger partial charge is 0.448 e. The Morgan fingerprint density at radius 3 is 2.69 bits per heavy atom. The molecule has 0 atom stereocenters. The van der Waals surface area contributed by atoms with Gasteiger partial charge in [0.1, 0.15) is 0 Å². The van der Waals surface area contributed by atoms with Gasteiger partial charge in [0.25, 0.3) is 5.90 Å². The van der Waals surface area contributed by atoms with Crippen LogP contribution in [0.1, 0.15) is 5.56 Å². The van der Waals surface area contributed by atoms with Crippen LogP contribution in [0.5, 0.6) is 0 Å². The Morgan fingerprint density at radius 1 is 1.31 bits per heavy atom. The lowest BCUT2D eigenvalue weighted by molar-refractivity contribution is -0.113. The SMILES string of the molecule is O=C1Cc2ccccc2N=C1OS(=O)(=O)O. The molecule has 1 N–H and O–H groups in total. The molecule has 1 aromatic carbocycles. The van der Waals surface area contributed by atoms with Gasteiger partial charge in [0, 0.05) is 6.42 Å². The molecular formula is C9H7NO5S. The number of nitrogens with zero attached hydrogens (tertiary/aromatic N) is 1. The summed E-state index contributed by atoms with van der Waals surface area (Å²) in [7, 11) is -4.71. The third-order valence-electron chi connectivity index (χ3n) is 1.99. The Bertz CT molecular complexity index is 575. The monoisotopic (exact) mass is 241 g/mol. The van der Waals surface area contributed by atoms with Crippen molar-refractivity contribution in [1.82, 2.24) is 0 Å². The maximum absolute atomic E-state index is 11.4. The molecule has 7 heteroatoms. The van der Waals surface area contributed by atoms with E-state index in [0.29, 0.717) is 11.3 Å². The molecule has 0 bridgehead atoms. The molecule has 0 aliphatic carbocycles. The lowest BCUT2D eigenvalue weighted by atomic mass is 10.0. The van der Waals surface area contributed by atoms with Crippen molar-refractivity contribution in [3.05, 3.63) is 29.8 Å². The van der Waals surface area contributed by atoms with E-state index < -0.39 is 22.1 Å². The number of carbonyl (C=O) groups excluding carboxylic acids is 1. The standard InChI is InChI=1S/C9H7NO5S/c11-8-5-6-3-1-2-4-7(6)10-9(8)15-16(12,13)14/h1-4H,5H2,(H,12,13,14). The molecule has 2 rings (SSSR count). The molecule has 6 nitrogen and oxygen atoms in total. The zero-order valence-electron chi connectivity index (χ0n) is 7.95. The van der Waals surface area contributed by atoms with Crippen LogP contribution < -0.4 is 0 Å². The van der Waals surface area contributed by atoms with Gasteiger partial charge in [-0.1, -0.05) is 18.2 Å². The van der Waals surface area contributed by atoms with Crippen LogP contribution in [0, 0.1) is 0 Å². The topological polar surface area (TPSA) is 93.0 Å². The fourth-order valence-corrected chi connectivity index (χ4v) is 1.68. The van der Waals surface area contributed by atoms with Gasteiger partial charge in [-0.2, -0.15) is 8.42 Å². The quantitative estimate of drug-likeness (QED) is 0.729. The Hall–Kier alpha value is -1.73. The summed E-state index contributed by atoms with van der Waals surface area (Å²) < 4.78 is 33.4. The number of fused-ring (bicyclic) bond motifs is 1. The van der Waals surface area contributed by atoms with Crippen molar-refractivity contribution in [2.45, 2.75) is 6.42 Å². The third kappa shape index (κ3) is 2.26. The average molecular weight is 241 g/mol. The molecule has 1 heterocycles. The highest BCUT2D eigenvalue weighted by molar-refractivity contribution is 7.81. The first kappa shape index (κ1) is 10.8. The Kier molecular flexibility index (Phi) is 2.49. The third-order valence-corrected chi connectivity index (χ3v) is 2.36. The molecule has 0 unspecified atom stereocenters. The van der Waals surface area contributed by atoms with Gasteiger partial charge in [-0.05, 0) is 11.6 Å². The number of ketones is 1. The summed E-state index contributed by atoms with van der Waals surface area (Å²) in [6.45, 7) is 0. The highest BCUT2D eigenvalue weighted by Gasteiger charge is 2.25. The Labute approximate surface area is 91.5 Å². The van der Waals surface area contributed by atoms with E-state index in [1.807, 2.05) is 0 Å². The van der Waals surface area contributed by atoms with E-state index in [2.05, 4.69) is 9.18 Å². The minimum Gasteiger partial charge on any atom is -0.337 e. The molecule has 84 valence electrons. The molecule has 0 saturated heterocycles. The number of para-hydroxylation sites is 1. The van der Waals surface area contributed by atoms with Gasteiger partial charge in [-0.3, -0.25) is 9.35 Å². The van der Waals surface area contributed by atoms with Crippen LogP contribution in [0.2, 0.25) is 0 Å². The number of carbonyl (C=O) groups is 1. The Balaban J connectivity index is 2.42. The van der Waals surface area contributed by atoms with E-state index >= 15 is 0 Å². The van der Waals surface area contributed by atoms with Crippen LogP contribution >= 0.6 is 0 Å². The van der Waals surface area contributed by atoms with Gasteiger partial charge in [0.2, 0.25) is 5.78 Å². The van der Waals surface area contributed by atoms with Crippen molar-refractivity contribution >= 4 is 27.8 Å². The van der Waals surface area contributed by atoms with Crippen molar-refractivity contribution in [3.8, 4) is 0 Å². The number of Topliss-reactive ketones (excluding diaryl/α,β-unsaturated/α-hetero) is 1. The van der Waals surface area contributed by atoms with Gasteiger partial charge in [-0.15, -0.1) is 0 Å². The normalized spacial score (nSPS) is 15.3. The van der Waals surface area contributed by atoms with E-state index in [1.165, 1.54) is 0 Å². The number of rotatable bonds is 1. The number of aliphatic imine (C=N–C) groups is 1. The van der Waals surface area contributed by atoms with Gasteiger partial charge in [-0.25, -0.2) is 4.99 Å². The summed E-state index contributed by atoms with van der Waals surface area (Å²) in [4.78, 5) is 15.1. The summed E-state index contributed by atoms with van der Waals surface area (Å²) in [5.41, 5.74) is 1.15. The van der Waals surface area contributed by atoms with E-state index in [4.69, 9.17) is 4.55 Å². The van der Waals surface area contributed by atoms with Crippen molar-refractivity contribution in [2.75, 3.05) is 0 Å². The first-order chi connectivity index (χ1) is 7.46. The molecular weight excluding hydrogens is 234 g/mol. The van der Waals surface area contributed by atoms with Crippen molar-refractivity contribution < 1.29 is 21.9 Å². The van der Waals surface area contributed by atoms with Crippen LogP contribution in [0.25, 0.3) is 0 Å². The summed E-state index contributed by atoms with van der Waals surface area (Å²) in [6, 6.07) is 6.77. The maximum atomic E-state index is 11.4. The number of hydrogen-bond donors (Lipinski definition) is 1. The minimum atomic E-state index is -4.71. The zero-order chi connectivity index (χ0) is 11.8. The van der Waals surface area contributed by atoms with Crippen LogP contribution in [-0.2, 0) is 25.8 Å². The second kappa shape index (κ2) is 3.69. The molecule has 1 aliphatic rings. The molecule has 0 aromatic heterocycles. The van der Waals surface area contributed by atoms with Crippen molar-refractivity contribution in [1.29, 1.82) is 0 Å². The highest BCUT2D eigenvalue weighted by atomic mass is 32.3. The van der Waals surface area contributed by atoms with Gasteiger partial charge in [0.15, 0.2) is 0 Å². The second-order valence-corrected chi connectivity index (χ2v) is 4.18. The summed E-state index contributed by atoms with van der Waals surface area (Å²) in [6.07, 6.45) is 0.00449. The zero-order valence-corrected chi connectivity index (χ0v) is 8.77. The van der Waals surface area contributed by atoms with Crippen molar-refractivity contribution in [3.63, 3.8) is 0 Å². The van der Waals surface area contributed by atoms with Gasteiger partial charge in [0.05, 0.1) is 5.69 Å². The molecule has 1 aromatic rings. The Morgan fingerprint density at radius 2 is 2.00 bits per heavy atom. The molecule has 1 aliphatic heterocycles. The van der Waals surface area contributed by atoms with Crippen LogP contribution in [0.4, 0.5) is 5.69 Å². The second-order valence-electron chi connectivity index (χ2n) is 3.16. The van der Waals surface area contributed by atoms with Gasteiger partial charge < -0.3 is 4.18 Å². The minimum absolute atomic E-state index is 0.00449. The van der Waals surface area contributed by atoms with E-state index in [-0.39, 0.29) is 6.42 Å². The maximum Gasteiger partial charge on any atom is 0.448 e. The lowest BCUT2D eigenvalue weighted by Crippen LogP contribution is -2.25. The number of hydrogen-bond acceptors (Lipinski definition) is 5. The first-order valence-corrected chi connectivity index (χ1v) is 5.69. The summed E-state index contributed by atoms with van der Waals surface area (Å²) in [5.74, 6) is -1.20. The van der Waals surface area contributed by atoms with Gasteiger partial charge >= 0.3 is 10.4 Å². The highest BCUT2D eigenvalue weighted by Crippen LogP contribution is 2.24. The van der Waals surface area contributed by atoms with E-state index in [9.17, 15) is 13.2 Å². The van der Waals surface area contributed by atoms with Crippen molar-refractivity contribution in [2.24, 2.45) is 4.99 Å². The number of benzene rings is 1. The average Bonchev–Trinajstić information content (AvgIpc) is 2.17. The van der Waals surface area contributed by atoms with Crippen LogP contribution in [0.3, 0.4) is 0 Å². The lowest BCUT2D eigenvalue weighted by Gasteiger charge is -2.12.